The lowest BCUT2D eigenvalue weighted by atomic mass is 10.1. The Labute approximate surface area is 109 Å². The fraction of sp³-hybridized carbons (Fsp3) is 1.00. The number of hydrogen-bond acceptors (Lipinski definition) is 2. The molecule has 0 aliphatic carbocycles. The largest absolute Gasteiger partial charge is 0.253 e. The smallest absolute Gasteiger partial charge is 0.0412 e. The van der Waals surface area contributed by atoms with E-state index in [4.69, 9.17) is 4.78 Å². The highest BCUT2D eigenvalue weighted by Crippen LogP contribution is 2.11. The molecule has 17 heavy (non-hydrogen) atoms. The minimum Gasteiger partial charge on any atom is -0.253 e. The van der Waals surface area contributed by atoms with E-state index in [0.29, 0.717) is 5.75 Å². The van der Waals surface area contributed by atoms with Crippen molar-refractivity contribution in [2.75, 3.05) is 12.0 Å². The van der Waals surface area contributed by atoms with E-state index in [2.05, 4.69) is 6.92 Å². The molecule has 0 heterocycles. The molecule has 0 saturated carbocycles. The highest BCUT2D eigenvalue weighted by atomic mass is 32.2. The van der Waals surface area contributed by atoms with Crippen LogP contribution in [-0.2, 0) is 9.73 Å². The van der Waals surface area contributed by atoms with Gasteiger partial charge in [-0.05, 0) is 6.42 Å². The van der Waals surface area contributed by atoms with Crippen LogP contribution in [0.15, 0.2) is 0 Å². The van der Waals surface area contributed by atoms with Gasteiger partial charge in [0, 0.05) is 21.7 Å². The van der Waals surface area contributed by atoms with Crippen LogP contribution >= 0.6 is 0 Å². The Kier molecular flexibility index (Phi) is 11.0. The van der Waals surface area contributed by atoms with Crippen molar-refractivity contribution in [2.45, 2.75) is 77.6 Å². The lowest BCUT2D eigenvalue weighted by molar-refractivity contribution is 0.554. The molecule has 0 spiro atoms. The molecule has 1 N–H and O–H groups in total. The lowest BCUT2D eigenvalue weighted by Gasteiger charge is -2.03. The Morgan fingerprint density at radius 1 is 0.765 bits per heavy atom. The van der Waals surface area contributed by atoms with Crippen molar-refractivity contribution in [1.82, 2.24) is 0 Å². The van der Waals surface area contributed by atoms with Crippen molar-refractivity contribution < 1.29 is 4.21 Å². The summed E-state index contributed by atoms with van der Waals surface area (Å²) in [5.41, 5.74) is 0. The SMILES string of the molecule is CCCCCCCCCCCCCS(C)(=N)=O. The van der Waals surface area contributed by atoms with Gasteiger partial charge in [0.1, 0.15) is 0 Å². The Morgan fingerprint density at radius 2 is 1.12 bits per heavy atom. The molecule has 0 fully saturated rings. The van der Waals surface area contributed by atoms with E-state index in [1.54, 1.807) is 6.26 Å². The number of unbranched alkanes of at least 4 members (excludes halogenated alkanes) is 10. The minimum absolute atomic E-state index is 0.587. The molecule has 0 aliphatic rings. The maximum atomic E-state index is 11.1. The first-order valence-electron chi connectivity index (χ1n) is 7.27. The molecule has 0 saturated heterocycles. The van der Waals surface area contributed by atoms with Crippen LogP contribution < -0.4 is 0 Å². The zero-order valence-corrected chi connectivity index (χ0v) is 12.6. The first-order chi connectivity index (χ1) is 8.06. The van der Waals surface area contributed by atoms with E-state index in [-0.39, 0.29) is 0 Å². The summed E-state index contributed by atoms with van der Waals surface area (Å²) in [5, 5.41) is 0. The average molecular weight is 261 g/mol. The minimum atomic E-state index is -2.23. The number of nitrogens with one attached hydrogen (secondary N) is 1. The molecule has 0 aromatic carbocycles. The van der Waals surface area contributed by atoms with Crippen molar-refractivity contribution in [3.63, 3.8) is 0 Å². The quantitative estimate of drug-likeness (QED) is 0.495. The third-order valence-corrected chi connectivity index (χ3v) is 4.21. The van der Waals surface area contributed by atoms with Crippen molar-refractivity contribution in [2.24, 2.45) is 0 Å². The molecule has 1 atom stereocenters. The van der Waals surface area contributed by atoms with E-state index in [1.807, 2.05) is 0 Å². The summed E-state index contributed by atoms with van der Waals surface area (Å²) in [4.78, 5) is 0. The van der Waals surface area contributed by atoms with Gasteiger partial charge in [0.05, 0.1) is 0 Å². The van der Waals surface area contributed by atoms with Crippen LogP contribution in [0.5, 0.6) is 0 Å². The number of rotatable bonds is 12. The van der Waals surface area contributed by atoms with Crippen LogP contribution in [0.25, 0.3) is 0 Å². The Balaban J connectivity index is 3.04. The van der Waals surface area contributed by atoms with Crippen molar-refractivity contribution in [3.05, 3.63) is 0 Å². The normalized spacial score (nSPS) is 14.7. The fourth-order valence-corrected chi connectivity index (χ4v) is 2.80. The zero-order chi connectivity index (χ0) is 13.0. The standard InChI is InChI=1S/C14H31NOS/c1-3-4-5-6-7-8-9-10-11-12-13-14-17(2,15)16/h15H,3-14H2,1-2H3. The van der Waals surface area contributed by atoms with Gasteiger partial charge >= 0.3 is 0 Å². The third kappa shape index (κ3) is 15.9. The molecule has 0 amide bonds. The maximum Gasteiger partial charge on any atom is 0.0412 e. The van der Waals surface area contributed by atoms with Gasteiger partial charge in [-0.2, -0.15) is 0 Å². The maximum absolute atomic E-state index is 11.1. The monoisotopic (exact) mass is 261 g/mol. The molecule has 104 valence electrons. The summed E-state index contributed by atoms with van der Waals surface area (Å²) < 4.78 is 18.4. The van der Waals surface area contributed by atoms with Gasteiger partial charge in [-0.3, -0.25) is 8.99 Å². The molecule has 0 rings (SSSR count). The Bertz CT molecular complexity index is 247. The van der Waals surface area contributed by atoms with Gasteiger partial charge in [-0.15, -0.1) is 0 Å². The van der Waals surface area contributed by atoms with Crippen LogP contribution in [0.2, 0.25) is 0 Å². The second-order valence-electron chi connectivity index (χ2n) is 5.24. The van der Waals surface area contributed by atoms with Gasteiger partial charge in [0.25, 0.3) is 0 Å². The second-order valence-corrected chi connectivity index (χ2v) is 7.66. The van der Waals surface area contributed by atoms with Crippen molar-refractivity contribution in [1.29, 1.82) is 4.78 Å². The molecule has 0 aliphatic heterocycles. The molecular formula is C14H31NOS. The van der Waals surface area contributed by atoms with E-state index in [9.17, 15) is 4.21 Å². The van der Waals surface area contributed by atoms with Crippen molar-refractivity contribution in [3.8, 4) is 0 Å². The van der Waals surface area contributed by atoms with Crippen molar-refractivity contribution >= 4 is 9.73 Å². The molecule has 1 unspecified atom stereocenters. The number of hydrogen-bond donors (Lipinski definition) is 1. The Hall–Kier alpha value is -0.0500. The van der Waals surface area contributed by atoms with Gasteiger partial charge in [0.15, 0.2) is 0 Å². The lowest BCUT2D eigenvalue weighted by Crippen LogP contribution is -2.00. The summed E-state index contributed by atoms with van der Waals surface area (Å²) in [6.45, 7) is 2.26. The van der Waals surface area contributed by atoms with Crippen LogP contribution in [0.3, 0.4) is 0 Å². The van der Waals surface area contributed by atoms with Crippen LogP contribution in [0, 0.1) is 4.78 Å². The van der Waals surface area contributed by atoms with Gasteiger partial charge in [0.2, 0.25) is 0 Å². The van der Waals surface area contributed by atoms with E-state index in [1.165, 1.54) is 57.8 Å². The molecule has 0 bridgehead atoms. The predicted molar refractivity (Wildman–Crippen MR) is 78.1 cm³/mol. The molecule has 3 heteroatoms. The van der Waals surface area contributed by atoms with Gasteiger partial charge in [-0.25, -0.2) is 0 Å². The highest BCUT2D eigenvalue weighted by molar-refractivity contribution is 7.91. The fourth-order valence-electron chi connectivity index (χ4n) is 2.04. The topological polar surface area (TPSA) is 40.9 Å². The average Bonchev–Trinajstić information content (AvgIpc) is 2.24. The third-order valence-electron chi connectivity index (χ3n) is 3.14. The summed E-state index contributed by atoms with van der Waals surface area (Å²) in [5.74, 6) is 0.587. The van der Waals surface area contributed by atoms with E-state index < -0.39 is 9.73 Å². The molecular weight excluding hydrogens is 230 g/mol. The Morgan fingerprint density at radius 3 is 1.47 bits per heavy atom. The summed E-state index contributed by atoms with van der Waals surface area (Å²) >= 11 is 0. The second kappa shape index (κ2) is 11.1. The van der Waals surface area contributed by atoms with Crippen LogP contribution in [0.1, 0.15) is 77.6 Å². The van der Waals surface area contributed by atoms with Gasteiger partial charge < -0.3 is 0 Å². The first kappa shape index (κ1) is 16.9. The van der Waals surface area contributed by atoms with Gasteiger partial charge in [-0.1, -0.05) is 71.1 Å². The first-order valence-corrected chi connectivity index (χ1v) is 9.41. The molecule has 0 aromatic rings. The summed E-state index contributed by atoms with van der Waals surface area (Å²) in [6.07, 6.45) is 15.9. The molecule has 0 radical (unpaired) electrons. The highest BCUT2D eigenvalue weighted by Gasteiger charge is 1.97. The summed E-state index contributed by atoms with van der Waals surface area (Å²) in [6, 6.07) is 0. The molecule has 0 aromatic heterocycles. The van der Waals surface area contributed by atoms with Crippen LogP contribution in [-0.4, -0.2) is 16.2 Å². The van der Waals surface area contributed by atoms with Crippen LogP contribution in [0.4, 0.5) is 0 Å². The zero-order valence-electron chi connectivity index (χ0n) is 11.8. The summed E-state index contributed by atoms with van der Waals surface area (Å²) in [7, 11) is -2.23. The van der Waals surface area contributed by atoms with E-state index in [0.717, 1.165) is 12.8 Å². The predicted octanol–water partition coefficient (Wildman–Crippen LogP) is 4.97. The van der Waals surface area contributed by atoms with E-state index >= 15 is 0 Å². The molecule has 2 nitrogen and oxygen atoms in total.